The van der Waals surface area contributed by atoms with Gasteiger partial charge in [0.2, 0.25) is 0 Å². The van der Waals surface area contributed by atoms with E-state index in [1.165, 1.54) is 128 Å². The van der Waals surface area contributed by atoms with Crippen LogP contribution in [0, 0.1) is 0 Å². The summed E-state index contributed by atoms with van der Waals surface area (Å²) in [6.07, 6.45) is 37.7. The van der Waals surface area contributed by atoms with E-state index >= 15 is 0 Å². The number of allylic oxidation sites excluding steroid dienone is 6. The number of aliphatic hydroxyl groups excluding tert-OH is 5. The number of carbonyl (C=O) groups excluding carboxylic acids is 2. The van der Waals surface area contributed by atoms with Crippen LogP contribution in [-0.4, -0.2) is 98.3 Å². The summed E-state index contributed by atoms with van der Waals surface area (Å²) in [4.78, 5) is 35.8. The highest BCUT2D eigenvalue weighted by Gasteiger charge is 2.51. The fraction of sp³-hybridized carbons (Fsp3) is 0.849. The molecule has 0 aromatic heterocycles. The van der Waals surface area contributed by atoms with Gasteiger partial charge in [-0.2, -0.15) is 0 Å². The van der Waals surface area contributed by atoms with Crippen molar-refractivity contribution in [1.82, 2.24) is 0 Å². The molecule has 1 aliphatic carbocycles. The van der Waals surface area contributed by atoms with E-state index < -0.39 is 75.7 Å². The highest BCUT2D eigenvalue weighted by molar-refractivity contribution is 7.47. The number of esters is 2. The minimum atomic E-state index is -5.13. The van der Waals surface area contributed by atoms with Crippen molar-refractivity contribution < 1.29 is 63.1 Å². The molecule has 6 unspecified atom stereocenters. The van der Waals surface area contributed by atoms with Crippen LogP contribution in [0.1, 0.15) is 232 Å². The number of phosphoric acid groups is 1. The molecule has 0 radical (unpaired) electrons. The van der Waals surface area contributed by atoms with Crippen molar-refractivity contribution >= 4 is 19.8 Å². The van der Waals surface area contributed by atoms with Crippen LogP contribution < -0.4 is 0 Å². The van der Waals surface area contributed by atoms with E-state index in [-0.39, 0.29) is 12.8 Å². The molecule has 0 spiro atoms. The Labute approximate surface area is 406 Å². The highest BCUT2D eigenvalue weighted by atomic mass is 31.2. The molecule has 6 atom stereocenters. The molecule has 67 heavy (non-hydrogen) atoms. The molecule has 0 amide bonds. The lowest BCUT2D eigenvalue weighted by Crippen LogP contribution is -2.64. The van der Waals surface area contributed by atoms with Crippen molar-refractivity contribution in [2.45, 2.75) is 275 Å². The summed E-state index contributed by atoms with van der Waals surface area (Å²) in [5.41, 5.74) is 0. The standard InChI is InChI=1S/C53H97O13P/c1-3-5-7-9-11-13-15-17-19-20-21-22-23-24-25-26-28-29-31-33-35-37-39-41-46(54)63-43-45(44-64-67(61,62)66-53-51(59)49(57)48(56)50(58)52(53)60)65-47(55)42-40-38-36-34-32-30-27-18-16-14-12-10-8-6-4-2/h12,14,18,20-21,27,45,48-53,56-60H,3-11,13,15-17,19,22-26,28-44H2,1-2H3,(H,61,62)/b14-12-,21-20-,27-18-. The molecule has 0 heterocycles. The van der Waals surface area contributed by atoms with Gasteiger partial charge in [-0.15, -0.1) is 0 Å². The van der Waals surface area contributed by atoms with Gasteiger partial charge in [-0.1, -0.05) is 185 Å². The van der Waals surface area contributed by atoms with Crippen LogP contribution in [0.4, 0.5) is 0 Å². The zero-order chi connectivity index (χ0) is 49.2. The number of carbonyl (C=O) groups is 2. The molecule has 13 nitrogen and oxygen atoms in total. The van der Waals surface area contributed by atoms with Gasteiger partial charge < -0.3 is 39.9 Å². The molecule has 0 saturated heterocycles. The van der Waals surface area contributed by atoms with Crippen LogP contribution in [-0.2, 0) is 32.7 Å². The summed E-state index contributed by atoms with van der Waals surface area (Å²) in [7, 11) is -5.13. The van der Waals surface area contributed by atoms with Gasteiger partial charge in [0.15, 0.2) is 6.10 Å². The molecule has 14 heteroatoms. The van der Waals surface area contributed by atoms with Gasteiger partial charge in [0.1, 0.15) is 43.2 Å². The predicted molar refractivity (Wildman–Crippen MR) is 267 cm³/mol. The molecule has 1 saturated carbocycles. The van der Waals surface area contributed by atoms with E-state index in [4.69, 9.17) is 18.5 Å². The molecule has 1 rings (SSSR count). The molecule has 1 aliphatic rings. The Morgan fingerprint density at radius 1 is 0.463 bits per heavy atom. The van der Waals surface area contributed by atoms with Gasteiger partial charge in [-0.05, 0) is 70.6 Å². The van der Waals surface area contributed by atoms with Gasteiger partial charge >= 0.3 is 19.8 Å². The smallest absolute Gasteiger partial charge is 0.462 e. The maximum atomic E-state index is 12.9. The maximum absolute atomic E-state index is 12.9. The third-order valence-corrected chi connectivity index (χ3v) is 13.4. The fourth-order valence-corrected chi connectivity index (χ4v) is 9.11. The average Bonchev–Trinajstić information content (AvgIpc) is 3.31. The van der Waals surface area contributed by atoms with Gasteiger partial charge in [0, 0.05) is 12.8 Å². The molecule has 392 valence electrons. The van der Waals surface area contributed by atoms with E-state index in [9.17, 15) is 44.6 Å². The quantitative estimate of drug-likeness (QED) is 0.0145. The SMILES string of the molecule is CCCCC/C=C\C/C=C\CCCCCCCC(=O)OC(COC(=O)CCCCCCCCCCCCC/C=C\CCCCCCCCCC)COP(=O)(O)OC1C(O)C(O)C(O)C(O)C1O. The van der Waals surface area contributed by atoms with E-state index in [0.717, 1.165) is 64.2 Å². The summed E-state index contributed by atoms with van der Waals surface area (Å²) >= 11 is 0. The normalized spacial score (nSPS) is 21.4. The molecule has 0 aromatic carbocycles. The Kier molecular flexibility index (Phi) is 40.4. The predicted octanol–water partition coefficient (Wildman–Crippen LogP) is 11.7. The van der Waals surface area contributed by atoms with E-state index in [1.54, 1.807) is 0 Å². The van der Waals surface area contributed by atoms with Crippen molar-refractivity contribution in [3.8, 4) is 0 Å². The monoisotopic (exact) mass is 973 g/mol. The van der Waals surface area contributed by atoms with Crippen LogP contribution in [0.15, 0.2) is 36.5 Å². The van der Waals surface area contributed by atoms with Crippen molar-refractivity contribution in [1.29, 1.82) is 0 Å². The first kappa shape index (κ1) is 63.1. The number of hydrogen-bond donors (Lipinski definition) is 6. The minimum Gasteiger partial charge on any atom is -0.462 e. The molecule has 0 bridgehead atoms. The summed E-state index contributed by atoms with van der Waals surface area (Å²) < 4.78 is 33.6. The largest absolute Gasteiger partial charge is 0.472 e. The van der Waals surface area contributed by atoms with Crippen LogP contribution >= 0.6 is 7.82 Å². The number of rotatable bonds is 45. The average molecular weight is 973 g/mol. The number of ether oxygens (including phenoxy) is 2. The van der Waals surface area contributed by atoms with Crippen LogP contribution in [0.3, 0.4) is 0 Å². The second kappa shape index (κ2) is 42.9. The third-order valence-electron chi connectivity index (χ3n) is 12.5. The number of phosphoric ester groups is 1. The Balaban J connectivity index is 2.35. The Morgan fingerprint density at radius 2 is 0.806 bits per heavy atom. The lowest BCUT2D eigenvalue weighted by Gasteiger charge is -2.41. The molecular weight excluding hydrogens is 876 g/mol. The van der Waals surface area contributed by atoms with Gasteiger partial charge in [0.25, 0.3) is 0 Å². The van der Waals surface area contributed by atoms with Crippen molar-refractivity contribution in [3.63, 3.8) is 0 Å². The Morgan fingerprint density at radius 3 is 1.25 bits per heavy atom. The third kappa shape index (κ3) is 34.9. The minimum absolute atomic E-state index is 0.0815. The van der Waals surface area contributed by atoms with Crippen molar-refractivity contribution in [2.75, 3.05) is 13.2 Å². The highest BCUT2D eigenvalue weighted by Crippen LogP contribution is 2.47. The molecular formula is C53H97O13P. The lowest BCUT2D eigenvalue weighted by atomic mass is 9.85. The van der Waals surface area contributed by atoms with Gasteiger partial charge in [0.05, 0.1) is 6.61 Å². The van der Waals surface area contributed by atoms with Crippen LogP contribution in [0.5, 0.6) is 0 Å². The van der Waals surface area contributed by atoms with E-state index in [0.29, 0.717) is 12.8 Å². The lowest BCUT2D eigenvalue weighted by molar-refractivity contribution is -0.220. The second-order valence-corrected chi connectivity index (χ2v) is 20.1. The molecule has 6 N–H and O–H groups in total. The number of aliphatic hydroxyl groups is 5. The fourth-order valence-electron chi connectivity index (χ4n) is 8.14. The van der Waals surface area contributed by atoms with Gasteiger partial charge in [-0.25, -0.2) is 4.57 Å². The number of hydrogen-bond acceptors (Lipinski definition) is 12. The van der Waals surface area contributed by atoms with Crippen LogP contribution in [0.2, 0.25) is 0 Å². The topological polar surface area (TPSA) is 210 Å². The van der Waals surface area contributed by atoms with E-state index in [1.807, 2.05) is 0 Å². The Hall–Kier alpha value is -1.93. The van der Waals surface area contributed by atoms with Crippen molar-refractivity contribution in [2.24, 2.45) is 0 Å². The van der Waals surface area contributed by atoms with Crippen molar-refractivity contribution in [3.05, 3.63) is 36.5 Å². The first-order chi connectivity index (χ1) is 32.4. The molecule has 0 aliphatic heterocycles. The van der Waals surface area contributed by atoms with Crippen LogP contribution in [0.25, 0.3) is 0 Å². The van der Waals surface area contributed by atoms with E-state index in [2.05, 4.69) is 50.3 Å². The summed E-state index contributed by atoms with van der Waals surface area (Å²) in [5, 5.41) is 50.3. The second-order valence-electron chi connectivity index (χ2n) is 18.7. The first-order valence-electron chi connectivity index (χ1n) is 26.8. The Bertz CT molecular complexity index is 1310. The summed E-state index contributed by atoms with van der Waals surface area (Å²) in [6.45, 7) is 3.29. The summed E-state index contributed by atoms with van der Waals surface area (Å²) in [5.74, 6) is -1.11. The molecule has 1 fully saturated rings. The van der Waals surface area contributed by atoms with Gasteiger partial charge in [-0.3, -0.25) is 18.6 Å². The maximum Gasteiger partial charge on any atom is 0.472 e. The number of unbranched alkanes of at least 4 members (excludes halogenated alkanes) is 27. The zero-order valence-corrected chi connectivity index (χ0v) is 42.8. The molecule has 0 aromatic rings. The summed E-state index contributed by atoms with van der Waals surface area (Å²) in [6, 6.07) is 0. The first-order valence-corrected chi connectivity index (χ1v) is 28.3. The zero-order valence-electron chi connectivity index (χ0n) is 41.9.